The van der Waals surface area contributed by atoms with Gasteiger partial charge in [-0.3, -0.25) is 9.69 Å². The molecule has 1 heterocycles. The summed E-state index contributed by atoms with van der Waals surface area (Å²) < 4.78 is 0. The van der Waals surface area contributed by atoms with Gasteiger partial charge >= 0.3 is 0 Å². The molecule has 1 saturated heterocycles. The molecule has 0 radical (unpaired) electrons. The van der Waals surface area contributed by atoms with Crippen LogP contribution in [0.1, 0.15) is 51.9 Å². The van der Waals surface area contributed by atoms with Crippen LogP contribution in [0, 0.1) is 11.3 Å². The average Bonchev–Trinajstić information content (AvgIpc) is 2.46. The number of rotatable bonds is 5. The first-order valence-corrected chi connectivity index (χ1v) is 8.21. The van der Waals surface area contributed by atoms with E-state index in [2.05, 4.69) is 17.1 Å². The van der Waals surface area contributed by atoms with Crippen molar-refractivity contribution in [3.05, 3.63) is 0 Å². The highest BCUT2D eigenvalue weighted by Gasteiger charge is 2.31. The third-order valence-electron chi connectivity index (χ3n) is 4.92. The maximum atomic E-state index is 12.0. The lowest BCUT2D eigenvalue weighted by Gasteiger charge is -2.39. The summed E-state index contributed by atoms with van der Waals surface area (Å²) in [4.78, 5) is 14.2. The third kappa shape index (κ3) is 4.74. The normalized spacial score (nSPS) is 29.3. The lowest BCUT2D eigenvalue weighted by molar-refractivity contribution is -0.123. The first-order valence-electron chi connectivity index (χ1n) is 8.21. The van der Waals surface area contributed by atoms with Crippen molar-refractivity contribution < 1.29 is 9.90 Å². The Bertz CT molecular complexity index is 316. The van der Waals surface area contributed by atoms with E-state index in [-0.39, 0.29) is 17.9 Å². The zero-order valence-corrected chi connectivity index (χ0v) is 12.9. The van der Waals surface area contributed by atoms with Crippen LogP contribution < -0.4 is 5.32 Å². The lowest BCUT2D eigenvalue weighted by atomic mass is 9.83. The van der Waals surface area contributed by atoms with Gasteiger partial charge < -0.3 is 10.4 Å². The number of carbonyl (C=O) groups is 1. The van der Waals surface area contributed by atoms with Crippen LogP contribution in [0.2, 0.25) is 0 Å². The number of hydrogen-bond acceptors (Lipinski definition) is 3. The fourth-order valence-electron chi connectivity index (χ4n) is 3.60. The van der Waals surface area contributed by atoms with E-state index in [0.717, 1.165) is 32.5 Å². The number of carbonyl (C=O) groups excluding carboxylic acids is 1. The Hall–Kier alpha value is -0.610. The summed E-state index contributed by atoms with van der Waals surface area (Å²) in [5.74, 6) is 0.842. The molecule has 0 spiro atoms. The zero-order valence-electron chi connectivity index (χ0n) is 12.9. The van der Waals surface area contributed by atoms with Crippen LogP contribution in [-0.4, -0.2) is 48.7 Å². The molecule has 1 aliphatic heterocycles. The molecule has 116 valence electrons. The number of amides is 1. The Labute approximate surface area is 122 Å². The molecule has 1 amide bonds. The van der Waals surface area contributed by atoms with Gasteiger partial charge in [0.25, 0.3) is 0 Å². The molecule has 1 unspecified atom stereocenters. The van der Waals surface area contributed by atoms with Crippen LogP contribution in [0.25, 0.3) is 0 Å². The molecule has 1 atom stereocenters. The molecule has 2 fully saturated rings. The highest BCUT2D eigenvalue weighted by molar-refractivity contribution is 5.78. The van der Waals surface area contributed by atoms with Crippen LogP contribution in [-0.2, 0) is 4.79 Å². The average molecular weight is 282 g/mol. The summed E-state index contributed by atoms with van der Waals surface area (Å²) in [5.41, 5.74) is -0.0259. The largest absolute Gasteiger partial charge is 0.396 e. The van der Waals surface area contributed by atoms with Gasteiger partial charge in [-0.15, -0.1) is 0 Å². The summed E-state index contributed by atoms with van der Waals surface area (Å²) in [6, 6.07) is 0. The minimum Gasteiger partial charge on any atom is -0.396 e. The van der Waals surface area contributed by atoms with Crippen LogP contribution in [0.5, 0.6) is 0 Å². The molecule has 4 nitrogen and oxygen atoms in total. The van der Waals surface area contributed by atoms with E-state index in [1.807, 2.05) is 0 Å². The summed E-state index contributed by atoms with van der Waals surface area (Å²) in [5, 5.41) is 12.6. The van der Waals surface area contributed by atoms with Crippen molar-refractivity contribution in [3.8, 4) is 0 Å². The molecule has 4 heteroatoms. The first-order chi connectivity index (χ1) is 9.61. The molecule has 0 aromatic heterocycles. The Morgan fingerprint density at radius 2 is 2.05 bits per heavy atom. The SMILES string of the molecule is CC1(CO)CCCN(CC(=O)NCC2CCCCC2)C1. The van der Waals surface area contributed by atoms with Gasteiger partial charge in [-0.05, 0) is 38.1 Å². The molecule has 0 aromatic rings. The van der Waals surface area contributed by atoms with Crippen molar-refractivity contribution in [1.29, 1.82) is 0 Å². The summed E-state index contributed by atoms with van der Waals surface area (Å²) >= 11 is 0. The number of aliphatic hydroxyl groups excluding tert-OH is 1. The van der Waals surface area contributed by atoms with Crippen molar-refractivity contribution in [3.63, 3.8) is 0 Å². The Kier molecular flexibility index (Phi) is 5.85. The molecule has 0 aromatic carbocycles. The predicted octanol–water partition coefficient (Wildman–Crippen LogP) is 1.78. The van der Waals surface area contributed by atoms with Gasteiger partial charge in [0.15, 0.2) is 0 Å². The second-order valence-corrected chi connectivity index (χ2v) is 7.09. The van der Waals surface area contributed by atoms with E-state index < -0.39 is 0 Å². The minimum atomic E-state index is -0.0259. The maximum absolute atomic E-state index is 12.0. The summed E-state index contributed by atoms with van der Waals surface area (Å²) in [6.45, 7) is 5.48. The van der Waals surface area contributed by atoms with Crippen molar-refractivity contribution >= 4 is 5.91 Å². The second-order valence-electron chi connectivity index (χ2n) is 7.09. The number of aliphatic hydroxyl groups is 1. The summed E-state index contributed by atoms with van der Waals surface area (Å²) in [6.07, 6.45) is 8.68. The zero-order chi connectivity index (χ0) is 14.4. The topological polar surface area (TPSA) is 52.6 Å². The van der Waals surface area contributed by atoms with Crippen molar-refractivity contribution in [2.24, 2.45) is 11.3 Å². The highest BCUT2D eigenvalue weighted by Crippen LogP contribution is 2.28. The van der Waals surface area contributed by atoms with Crippen molar-refractivity contribution in [2.75, 3.05) is 32.8 Å². The Morgan fingerprint density at radius 3 is 2.75 bits per heavy atom. The molecular formula is C16H30N2O2. The molecule has 2 rings (SSSR count). The van der Waals surface area contributed by atoms with Gasteiger partial charge in [0.2, 0.25) is 5.91 Å². The van der Waals surface area contributed by atoms with Crippen molar-refractivity contribution in [1.82, 2.24) is 10.2 Å². The van der Waals surface area contributed by atoms with Crippen LogP contribution in [0.4, 0.5) is 0 Å². The number of likely N-dealkylation sites (tertiary alicyclic amines) is 1. The molecule has 1 saturated carbocycles. The minimum absolute atomic E-state index is 0.0259. The third-order valence-corrected chi connectivity index (χ3v) is 4.92. The van der Waals surface area contributed by atoms with Gasteiger partial charge in [0.05, 0.1) is 6.54 Å². The van der Waals surface area contributed by atoms with Gasteiger partial charge in [-0.1, -0.05) is 26.2 Å². The molecule has 0 bridgehead atoms. The number of piperidine rings is 1. The van der Waals surface area contributed by atoms with E-state index >= 15 is 0 Å². The second kappa shape index (κ2) is 7.41. The molecular weight excluding hydrogens is 252 g/mol. The fraction of sp³-hybridized carbons (Fsp3) is 0.938. The number of nitrogens with one attached hydrogen (secondary N) is 1. The predicted molar refractivity (Wildman–Crippen MR) is 80.5 cm³/mol. The molecule has 20 heavy (non-hydrogen) atoms. The van der Waals surface area contributed by atoms with E-state index in [9.17, 15) is 9.90 Å². The standard InChI is InChI=1S/C16H30N2O2/c1-16(13-19)8-5-9-18(12-16)11-15(20)17-10-14-6-3-2-4-7-14/h14,19H,2-13H2,1H3,(H,17,20). The maximum Gasteiger partial charge on any atom is 0.234 e. The monoisotopic (exact) mass is 282 g/mol. The van der Waals surface area contributed by atoms with Gasteiger partial charge in [-0.2, -0.15) is 0 Å². The van der Waals surface area contributed by atoms with E-state index in [4.69, 9.17) is 0 Å². The summed E-state index contributed by atoms with van der Waals surface area (Å²) in [7, 11) is 0. The van der Waals surface area contributed by atoms with E-state index in [1.54, 1.807) is 0 Å². The first kappa shape index (κ1) is 15.8. The van der Waals surface area contributed by atoms with Crippen LogP contribution in [0.15, 0.2) is 0 Å². The van der Waals surface area contributed by atoms with E-state index in [0.29, 0.717) is 12.5 Å². The van der Waals surface area contributed by atoms with Gasteiger partial charge in [0.1, 0.15) is 0 Å². The molecule has 2 N–H and O–H groups in total. The van der Waals surface area contributed by atoms with Crippen LogP contribution in [0.3, 0.4) is 0 Å². The van der Waals surface area contributed by atoms with E-state index in [1.165, 1.54) is 32.1 Å². The van der Waals surface area contributed by atoms with Crippen molar-refractivity contribution in [2.45, 2.75) is 51.9 Å². The molecule has 1 aliphatic carbocycles. The Balaban J connectivity index is 1.68. The van der Waals surface area contributed by atoms with Crippen LogP contribution >= 0.6 is 0 Å². The Morgan fingerprint density at radius 1 is 1.30 bits per heavy atom. The quantitative estimate of drug-likeness (QED) is 0.808. The molecule has 2 aliphatic rings. The smallest absolute Gasteiger partial charge is 0.234 e. The van der Waals surface area contributed by atoms with Gasteiger partial charge in [-0.25, -0.2) is 0 Å². The lowest BCUT2D eigenvalue weighted by Crippen LogP contribution is -2.48. The fourth-order valence-corrected chi connectivity index (χ4v) is 3.60. The highest BCUT2D eigenvalue weighted by atomic mass is 16.3. The number of nitrogens with zero attached hydrogens (tertiary/aromatic N) is 1. The van der Waals surface area contributed by atoms with Gasteiger partial charge in [0, 0.05) is 25.1 Å². The number of hydrogen-bond donors (Lipinski definition) is 2.